The second-order valence-electron chi connectivity index (χ2n) is 11.0. The van der Waals surface area contributed by atoms with Crippen molar-refractivity contribution in [2.24, 2.45) is 5.41 Å². The average molecular weight is 517 g/mol. The number of carbonyl (C=O) groups is 3. The van der Waals surface area contributed by atoms with Crippen LogP contribution in [0.4, 0.5) is 4.79 Å². The highest BCUT2D eigenvalue weighted by molar-refractivity contribution is 7.13. The van der Waals surface area contributed by atoms with E-state index in [1.807, 2.05) is 27.7 Å². The van der Waals surface area contributed by atoms with E-state index in [0.29, 0.717) is 25.1 Å². The van der Waals surface area contributed by atoms with Crippen LogP contribution in [0.1, 0.15) is 65.8 Å². The Morgan fingerprint density at radius 1 is 1.14 bits per heavy atom. The van der Waals surface area contributed by atoms with Gasteiger partial charge in [-0.05, 0) is 46.0 Å². The summed E-state index contributed by atoms with van der Waals surface area (Å²) in [6.45, 7) is 13.5. The van der Waals surface area contributed by atoms with Crippen LogP contribution in [0, 0.1) is 12.3 Å². The molecular formula is C25H36N6O4S. The molecule has 36 heavy (non-hydrogen) atoms. The van der Waals surface area contributed by atoms with Crippen molar-refractivity contribution in [1.29, 1.82) is 0 Å². The number of aryl methyl sites for hydroxylation is 1. The van der Waals surface area contributed by atoms with Gasteiger partial charge in [0.15, 0.2) is 0 Å². The van der Waals surface area contributed by atoms with Crippen molar-refractivity contribution < 1.29 is 19.1 Å². The molecule has 2 aromatic rings. The minimum absolute atomic E-state index is 0.200. The molecule has 1 aliphatic rings. The first-order valence-electron chi connectivity index (χ1n) is 12.1. The van der Waals surface area contributed by atoms with Gasteiger partial charge in [-0.3, -0.25) is 19.6 Å². The van der Waals surface area contributed by atoms with Gasteiger partial charge in [0, 0.05) is 6.54 Å². The molecular weight excluding hydrogens is 480 g/mol. The molecule has 2 unspecified atom stereocenters. The fraction of sp³-hybridized carbons (Fsp3) is 0.600. The summed E-state index contributed by atoms with van der Waals surface area (Å²) >= 11 is 1.50. The van der Waals surface area contributed by atoms with E-state index >= 15 is 0 Å². The molecule has 0 spiro atoms. The fourth-order valence-corrected chi connectivity index (χ4v) is 4.72. The fourth-order valence-electron chi connectivity index (χ4n) is 3.95. The molecule has 0 saturated carbocycles. The van der Waals surface area contributed by atoms with E-state index in [1.165, 1.54) is 11.3 Å². The lowest BCUT2D eigenvalue weighted by molar-refractivity contribution is -0.142. The molecule has 196 valence electrons. The molecule has 3 amide bonds. The van der Waals surface area contributed by atoms with Crippen molar-refractivity contribution >= 4 is 29.2 Å². The Morgan fingerprint density at radius 2 is 1.86 bits per heavy atom. The Balaban J connectivity index is 1.64. The van der Waals surface area contributed by atoms with Crippen molar-refractivity contribution in [1.82, 2.24) is 30.5 Å². The normalized spacial score (nSPS) is 17.0. The van der Waals surface area contributed by atoms with E-state index in [0.717, 1.165) is 16.3 Å². The number of hydrogen-bond acceptors (Lipinski definition) is 8. The lowest BCUT2D eigenvalue weighted by atomic mass is 9.85. The van der Waals surface area contributed by atoms with Gasteiger partial charge in [-0.25, -0.2) is 9.78 Å². The van der Waals surface area contributed by atoms with Gasteiger partial charge in [-0.1, -0.05) is 20.8 Å². The Bertz CT molecular complexity index is 1090. The monoisotopic (exact) mass is 516 g/mol. The Kier molecular flexibility index (Phi) is 8.33. The maximum atomic E-state index is 13.5. The smallest absolute Gasteiger partial charge is 0.408 e. The molecule has 0 radical (unpaired) electrons. The summed E-state index contributed by atoms with van der Waals surface area (Å²) in [6.07, 6.45) is 3.90. The van der Waals surface area contributed by atoms with Crippen LogP contribution in [0.2, 0.25) is 0 Å². The third kappa shape index (κ3) is 6.99. The van der Waals surface area contributed by atoms with Crippen LogP contribution in [0.25, 0.3) is 10.6 Å². The zero-order valence-electron chi connectivity index (χ0n) is 22.0. The lowest BCUT2D eigenvalue weighted by Crippen LogP contribution is -2.58. The van der Waals surface area contributed by atoms with E-state index < -0.39 is 29.2 Å². The molecule has 3 heterocycles. The molecule has 2 atom stereocenters. The second-order valence-corrected chi connectivity index (χ2v) is 11.9. The van der Waals surface area contributed by atoms with Gasteiger partial charge in [0.1, 0.15) is 23.4 Å². The summed E-state index contributed by atoms with van der Waals surface area (Å²) in [4.78, 5) is 54.6. The van der Waals surface area contributed by atoms with Gasteiger partial charge in [0.05, 0.1) is 40.7 Å². The predicted molar refractivity (Wildman–Crippen MR) is 137 cm³/mol. The van der Waals surface area contributed by atoms with Crippen molar-refractivity contribution in [3.05, 3.63) is 29.3 Å². The zero-order valence-corrected chi connectivity index (χ0v) is 22.9. The van der Waals surface area contributed by atoms with Crippen LogP contribution in [0.5, 0.6) is 0 Å². The molecule has 1 fully saturated rings. The standard InChI is InChI=1S/C25H36N6O4S/c1-15-19(36-14-29-15)17-13-26-16(11-27-17)12-28-21(32)18-9-8-10-31(18)22(33)20(24(2,3)4)30-23(34)35-25(5,6)7/h11,13-14,18,20H,8-10,12H2,1-7H3,(H,28,32)(H,30,34). The Morgan fingerprint density at radius 3 is 2.42 bits per heavy atom. The van der Waals surface area contributed by atoms with Crippen LogP contribution in [-0.2, 0) is 20.9 Å². The number of rotatable bonds is 6. The number of alkyl carbamates (subject to hydrolysis) is 1. The van der Waals surface area contributed by atoms with E-state index in [2.05, 4.69) is 25.6 Å². The molecule has 0 bridgehead atoms. The molecule has 0 aromatic carbocycles. The van der Waals surface area contributed by atoms with Crippen molar-refractivity contribution in [3.63, 3.8) is 0 Å². The molecule has 1 aliphatic heterocycles. The second kappa shape index (κ2) is 10.9. The highest BCUT2D eigenvalue weighted by atomic mass is 32.1. The van der Waals surface area contributed by atoms with Crippen LogP contribution < -0.4 is 10.6 Å². The van der Waals surface area contributed by atoms with Crippen molar-refractivity contribution in [3.8, 4) is 10.6 Å². The quantitative estimate of drug-likeness (QED) is 0.602. The number of amides is 3. The van der Waals surface area contributed by atoms with Crippen molar-refractivity contribution in [2.45, 2.75) is 85.5 Å². The molecule has 2 aromatic heterocycles. The molecule has 2 N–H and O–H groups in total. The number of thiazole rings is 1. The van der Waals surface area contributed by atoms with Gasteiger partial charge in [0.25, 0.3) is 0 Å². The number of likely N-dealkylation sites (tertiary alicyclic amines) is 1. The lowest BCUT2D eigenvalue weighted by Gasteiger charge is -2.35. The number of nitrogens with zero attached hydrogens (tertiary/aromatic N) is 4. The summed E-state index contributed by atoms with van der Waals surface area (Å²) in [5, 5.41) is 5.61. The van der Waals surface area contributed by atoms with Crippen LogP contribution in [0.15, 0.2) is 17.9 Å². The van der Waals surface area contributed by atoms with Gasteiger partial charge in [0.2, 0.25) is 11.8 Å². The van der Waals surface area contributed by atoms with E-state index in [4.69, 9.17) is 4.74 Å². The first-order valence-corrected chi connectivity index (χ1v) is 12.9. The first kappa shape index (κ1) is 27.5. The third-order valence-corrected chi connectivity index (χ3v) is 6.69. The summed E-state index contributed by atoms with van der Waals surface area (Å²) in [7, 11) is 0. The van der Waals surface area contributed by atoms with Gasteiger partial charge in [-0.15, -0.1) is 11.3 Å². The topological polar surface area (TPSA) is 126 Å². The average Bonchev–Trinajstić information content (AvgIpc) is 3.43. The van der Waals surface area contributed by atoms with E-state index in [9.17, 15) is 14.4 Å². The molecule has 11 heteroatoms. The Labute approximate surface area is 216 Å². The number of nitrogens with one attached hydrogen (secondary N) is 2. The summed E-state index contributed by atoms with van der Waals surface area (Å²) in [5.74, 6) is -0.551. The molecule has 3 rings (SSSR count). The van der Waals surface area contributed by atoms with Crippen LogP contribution >= 0.6 is 11.3 Å². The van der Waals surface area contributed by atoms with Gasteiger partial charge in [-0.2, -0.15) is 0 Å². The number of carbonyl (C=O) groups excluding carboxylic acids is 3. The van der Waals surface area contributed by atoms with Crippen molar-refractivity contribution in [2.75, 3.05) is 6.54 Å². The predicted octanol–water partition coefficient (Wildman–Crippen LogP) is 3.46. The highest BCUT2D eigenvalue weighted by Crippen LogP contribution is 2.27. The minimum Gasteiger partial charge on any atom is -0.444 e. The molecule has 1 saturated heterocycles. The molecule has 10 nitrogen and oxygen atoms in total. The van der Waals surface area contributed by atoms with Crippen LogP contribution in [0.3, 0.4) is 0 Å². The highest BCUT2D eigenvalue weighted by Gasteiger charge is 2.42. The largest absolute Gasteiger partial charge is 0.444 e. The SMILES string of the molecule is Cc1ncsc1-c1cnc(CNC(=O)C2CCCN2C(=O)C(NC(=O)OC(C)(C)C)C(C)(C)C)cn1. The minimum atomic E-state index is -0.839. The maximum Gasteiger partial charge on any atom is 0.408 e. The number of hydrogen-bond donors (Lipinski definition) is 2. The maximum absolute atomic E-state index is 13.5. The summed E-state index contributed by atoms with van der Waals surface area (Å²) < 4.78 is 5.36. The summed E-state index contributed by atoms with van der Waals surface area (Å²) in [6, 6.07) is -1.45. The molecule has 0 aliphatic carbocycles. The van der Waals surface area contributed by atoms with Crippen LogP contribution in [-0.4, -0.2) is 62.0 Å². The number of aromatic nitrogens is 3. The summed E-state index contributed by atoms with van der Waals surface area (Å²) in [5.41, 5.74) is 2.75. The third-order valence-electron chi connectivity index (χ3n) is 5.74. The van der Waals surface area contributed by atoms with E-state index in [-0.39, 0.29) is 18.4 Å². The first-order chi connectivity index (χ1) is 16.8. The zero-order chi connectivity index (χ0) is 26.7. The van der Waals surface area contributed by atoms with Gasteiger partial charge < -0.3 is 20.3 Å². The van der Waals surface area contributed by atoms with E-state index in [1.54, 1.807) is 43.6 Å². The Hall–Kier alpha value is -3.08. The van der Waals surface area contributed by atoms with Gasteiger partial charge >= 0.3 is 6.09 Å². The number of ether oxygens (including phenoxy) is 1.